The van der Waals surface area contributed by atoms with E-state index in [1.165, 1.54) is 24.2 Å². The molecule has 0 saturated heterocycles. The highest BCUT2D eigenvalue weighted by Crippen LogP contribution is 2.36. The fourth-order valence-corrected chi connectivity index (χ4v) is 4.12. The molecule has 0 aliphatic heterocycles. The number of halogens is 2. The van der Waals surface area contributed by atoms with Crippen LogP contribution in [0.5, 0.6) is 5.75 Å². The predicted molar refractivity (Wildman–Crippen MR) is 136 cm³/mol. The highest BCUT2D eigenvalue weighted by molar-refractivity contribution is 6.32. The third-order valence-electron chi connectivity index (χ3n) is 5.86. The fraction of sp³-hybridized carbons (Fsp3) is 0.370. The predicted octanol–water partition coefficient (Wildman–Crippen LogP) is 5.34. The van der Waals surface area contributed by atoms with Crippen molar-refractivity contribution in [3.05, 3.63) is 76.4 Å². The van der Waals surface area contributed by atoms with Crippen molar-refractivity contribution in [2.45, 2.75) is 39.2 Å². The summed E-state index contributed by atoms with van der Waals surface area (Å²) >= 11 is 6.19. The molecule has 0 fully saturated rings. The Morgan fingerprint density at radius 3 is 2.67 bits per heavy atom. The normalized spacial score (nSPS) is 13.3. The minimum Gasteiger partial charge on any atom is -0.488 e. The second kappa shape index (κ2) is 13.2. The Hall–Kier alpha value is -3.23. The topological polar surface area (TPSA) is 78.0 Å². The number of rotatable bonds is 11. The van der Waals surface area contributed by atoms with Gasteiger partial charge in [0.25, 0.3) is 5.91 Å². The number of methoxy groups -OCH3 is 1. The number of pyridine rings is 1. The maximum absolute atomic E-state index is 15.3. The summed E-state index contributed by atoms with van der Waals surface area (Å²) in [5.41, 5.74) is 2.23. The third kappa shape index (κ3) is 6.71. The number of hydrogen-bond donors (Lipinski definition) is 0. The Bertz CT molecular complexity index is 1150. The van der Waals surface area contributed by atoms with Crippen molar-refractivity contribution >= 4 is 29.2 Å². The molecule has 0 unspecified atom stereocenters. The average Bonchev–Trinajstić information content (AvgIpc) is 2.88. The van der Waals surface area contributed by atoms with Gasteiger partial charge in [-0.2, -0.15) is 0 Å². The first kappa shape index (κ1) is 27.4. The Morgan fingerprint density at radius 2 is 1.97 bits per heavy atom. The highest BCUT2D eigenvalue weighted by Gasteiger charge is 2.31. The van der Waals surface area contributed by atoms with E-state index in [9.17, 15) is 9.59 Å². The van der Waals surface area contributed by atoms with Crippen molar-refractivity contribution in [3.8, 4) is 5.75 Å². The van der Waals surface area contributed by atoms with E-state index < -0.39 is 17.7 Å². The minimum atomic E-state index is -0.693. The number of carbonyl (C=O) groups is 2. The van der Waals surface area contributed by atoms with Crippen LogP contribution < -0.4 is 9.64 Å². The molecule has 1 heterocycles. The first-order chi connectivity index (χ1) is 17.4. The van der Waals surface area contributed by atoms with E-state index in [2.05, 4.69) is 11.6 Å². The summed E-state index contributed by atoms with van der Waals surface area (Å²) in [5.74, 6) is -1.52. The molecule has 0 N–H and O–H groups in total. The Labute approximate surface area is 215 Å². The largest absolute Gasteiger partial charge is 0.488 e. The van der Waals surface area contributed by atoms with Crippen molar-refractivity contribution in [3.63, 3.8) is 0 Å². The van der Waals surface area contributed by atoms with Crippen LogP contribution >= 0.6 is 11.6 Å². The van der Waals surface area contributed by atoms with Crippen LogP contribution in [-0.4, -0.2) is 43.8 Å². The first-order valence-corrected chi connectivity index (χ1v) is 12.1. The number of aromatic nitrogens is 1. The molecule has 192 valence electrons. The zero-order valence-corrected chi connectivity index (χ0v) is 21.3. The van der Waals surface area contributed by atoms with Gasteiger partial charge in [-0.25, -0.2) is 9.18 Å². The van der Waals surface area contributed by atoms with E-state index in [1.54, 1.807) is 12.4 Å². The van der Waals surface area contributed by atoms with Crippen LogP contribution in [0, 0.1) is 12.7 Å². The summed E-state index contributed by atoms with van der Waals surface area (Å²) in [6.07, 6.45) is 7.08. The van der Waals surface area contributed by atoms with E-state index in [1.807, 2.05) is 13.0 Å². The molecule has 9 heteroatoms. The molecule has 1 amide bonds. The van der Waals surface area contributed by atoms with Crippen LogP contribution in [0.4, 0.5) is 10.1 Å². The van der Waals surface area contributed by atoms with Gasteiger partial charge >= 0.3 is 5.97 Å². The van der Waals surface area contributed by atoms with Crippen LogP contribution in [0.25, 0.3) is 0 Å². The number of benzene rings is 1. The molecule has 0 saturated carbocycles. The zero-order chi connectivity index (χ0) is 26.1. The second-order valence-corrected chi connectivity index (χ2v) is 8.73. The van der Waals surface area contributed by atoms with Crippen molar-refractivity contribution in [1.29, 1.82) is 0 Å². The molecular formula is C27H30ClFN2O5. The number of anilines is 1. The van der Waals surface area contributed by atoms with Crippen molar-refractivity contribution < 1.29 is 28.2 Å². The van der Waals surface area contributed by atoms with Crippen LogP contribution in [0.15, 0.2) is 54.4 Å². The average molecular weight is 517 g/mol. The molecule has 36 heavy (non-hydrogen) atoms. The van der Waals surface area contributed by atoms with Gasteiger partial charge < -0.3 is 19.1 Å². The van der Waals surface area contributed by atoms with E-state index in [-0.39, 0.29) is 42.8 Å². The fourth-order valence-electron chi connectivity index (χ4n) is 3.92. The van der Waals surface area contributed by atoms with Crippen molar-refractivity contribution in [2.75, 3.05) is 31.8 Å². The van der Waals surface area contributed by atoms with Crippen LogP contribution in [0.1, 0.15) is 36.8 Å². The van der Waals surface area contributed by atoms with E-state index >= 15 is 4.39 Å². The van der Waals surface area contributed by atoms with Gasteiger partial charge in [-0.05, 0) is 55.9 Å². The molecule has 1 aliphatic rings. The van der Waals surface area contributed by atoms with Crippen LogP contribution in [0.2, 0.25) is 5.02 Å². The lowest BCUT2D eigenvalue weighted by atomic mass is 9.90. The Morgan fingerprint density at radius 1 is 1.22 bits per heavy atom. The number of hydrogen-bond acceptors (Lipinski definition) is 6. The summed E-state index contributed by atoms with van der Waals surface area (Å²) in [5, 5.41) is 0.0716. The van der Waals surface area contributed by atoms with E-state index in [0.717, 1.165) is 30.0 Å². The minimum absolute atomic E-state index is 0.0168. The number of ether oxygens (including phenoxy) is 3. The number of amides is 1. The number of esters is 1. The second-order valence-electron chi connectivity index (χ2n) is 8.32. The van der Waals surface area contributed by atoms with E-state index in [4.69, 9.17) is 25.8 Å². The number of carbonyl (C=O) groups excluding carboxylic acids is 2. The van der Waals surface area contributed by atoms with Gasteiger partial charge in [0, 0.05) is 36.7 Å². The summed E-state index contributed by atoms with van der Waals surface area (Å²) < 4.78 is 31.1. The molecule has 1 aliphatic carbocycles. The molecule has 1 aromatic heterocycles. The third-order valence-corrected chi connectivity index (χ3v) is 6.16. The van der Waals surface area contributed by atoms with Gasteiger partial charge in [-0.15, -0.1) is 0 Å². The van der Waals surface area contributed by atoms with Gasteiger partial charge in [-0.3, -0.25) is 9.78 Å². The van der Waals surface area contributed by atoms with E-state index in [0.29, 0.717) is 24.0 Å². The zero-order valence-electron chi connectivity index (χ0n) is 20.5. The van der Waals surface area contributed by atoms with Gasteiger partial charge in [0.2, 0.25) is 0 Å². The molecule has 1 aromatic carbocycles. The van der Waals surface area contributed by atoms with Gasteiger partial charge in [0.05, 0.1) is 23.9 Å². The standard InChI is InChI=1S/C27H30ClFN2O5/c1-4-11-35-25-15-24(23(29)14-22(25)28)31(17-19-16-30-10-9-18(19)2)26(32)20-7-5-6-8-21(20)27(33)36-13-12-34-3/h4,9-10,14-16H,1,5-8,11-13,17H2,2-3H3. The summed E-state index contributed by atoms with van der Waals surface area (Å²) in [4.78, 5) is 32.2. The lowest BCUT2D eigenvalue weighted by molar-refractivity contribution is -0.140. The highest BCUT2D eigenvalue weighted by atomic mass is 35.5. The Kier molecular flexibility index (Phi) is 10.0. The lowest BCUT2D eigenvalue weighted by Gasteiger charge is -2.28. The van der Waals surface area contributed by atoms with Crippen molar-refractivity contribution in [1.82, 2.24) is 4.98 Å². The molecule has 0 spiro atoms. The molecule has 3 rings (SSSR count). The van der Waals surface area contributed by atoms with Gasteiger partial charge in [0.15, 0.2) is 0 Å². The molecule has 0 atom stereocenters. The number of nitrogens with zero attached hydrogens (tertiary/aromatic N) is 2. The molecular weight excluding hydrogens is 487 g/mol. The lowest BCUT2D eigenvalue weighted by Crippen LogP contribution is -2.35. The first-order valence-electron chi connectivity index (χ1n) is 11.7. The van der Waals surface area contributed by atoms with Gasteiger partial charge in [-0.1, -0.05) is 24.3 Å². The molecule has 7 nitrogen and oxygen atoms in total. The summed E-state index contributed by atoms with van der Waals surface area (Å²) in [6.45, 7) is 6.02. The molecule has 2 aromatic rings. The molecule has 0 bridgehead atoms. The molecule has 0 radical (unpaired) electrons. The van der Waals surface area contributed by atoms with Crippen LogP contribution in [0.3, 0.4) is 0 Å². The van der Waals surface area contributed by atoms with Crippen LogP contribution in [-0.2, 0) is 25.6 Å². The summed E-state index contributed by atoms with van der Waals surface area (Å²) in [6, 6.07) is 4.32. The summed E-state index contributed by atoms with van der Waals surface area (Å²) in [7, 11) is 1.51. The van der Waals surface area contributed by atoms with Crippen molar-refractivity contribution in [2.24, 2.45) is 0 Å². The SMILES string of the molecule is C=CCOc1cc(N(Cc2cnccc2C)C(=O)C2=C(C(=O)OCCOC)CCCC2)c(F)cc1Cl. The monoisotopic (exact) mass is 516 g/mol. The maximum Gasteiger partial charge on any atom is 0.334 e. The maximum atomic E-state index is 15.3. The van der Waals surface area contributed by atoms with Gasteiger partial charge in [0.1, 0.15) is 24.8 Å². The number of aryl methyl sites for hydroxylation is 1. The smallest absolute Gasteiger partial charge is 0.334 e. The Balaban J connectivity index is 2.08. The quantitative estimate of drug-likeness (QED) is 0.228.